The molecule has 0 radical (unpaired) electrons. The van der Waals surface area contributed by atoms with E-state index in [0.717, 1.165) is 17.3 Å². The molecule has 1 saturated carbocycles. The number of aromatic nitrogens is 1. The Labute approximate surface area is 112 Å². The number of nitrogens with zero attached hydrogens (tertiary/aromatic N) is 2. The third-order valence-corrected chi connectivity index (χ3v) is 3.00. The summed E-state index contributed by atoms with van der Waals surface area (Å²) in [6.45, 7) is 0. The van der Waals surface area contributed by atoms with Crippen molar-refractivity contribution < 1.29 is 9.90 Å². The quantitative estimate of drug-likeness (QED) is 0.510. The van der Waals surface area contributed by atoms with Crippen LogP contribution in [0.3, 0.4) is 0 Å². The van der Waals surface area contributed by atoms with E-state index in [-0.39, 0.29) is 17.3 Å². The Balaban J connectivity index is 2.14. The van der Waals surface area contributed by atoms with E-state index >= 15 is 0 Å². The maximum Gasteiger partial charge on any atom is 0.270 e. The van der Waals surface area contributed by atoms with Crippen LogP contribution in [0, 0.1) is 17.2 Å². The number of hydrogen-bond donors (Lipinski definition) is 2. The largest absolute Gasteiger partial charge is 0.510 e. The third kappa shape index (κ3) is 2.87. The van der Waals surface area contributed by atoms with Crippen LogP contribution in [-0.4, -0.2) is 16.0 Å². The average Bonchev–Trinajstić information content (AvgIpc) is 3.17. The standard InChI is InChI=1S/C12H10BrN3O2/c13-8-3-4-10(15-6-8)16-12(18)9(5-14)11(17)7-1-2-7/h3-4,6-7,17H,1-2H2,(H,15,16,18). The molecule has 0 spiro atoms. The molecule has 18 heavy (non-hydrogen) atoms. The van der Waals surface area contributed by atoms with Gasteiger partial charge in [-0.1, -0.05) is 0 Å². The van der Waals surface area contributed by atoms with E-state index in [4.69, 9.17) is 5.26 Å². The summed E-state index contributed by atoms with van der Waals surface area (Å²) in [6.07, 6.45) is 3.17. The molecule has 0 bridgehead atoms. The number of aliphatic hydroxyl groups excluding tert-OH is 1. The van der Waals surface area contributed by atoms with Crippen molar-refractivity contribution in [1.82, 2.24) is 4.98 Å². The Morgan fingerprint density at radius 2 is 2.28 bits per heavy atom. The molecule has 5 nitrogen and oxygen atoms in total. The molecule has 1 aliphatic carbocycles. The van der Waals surface area contributed by atoms with Crippen molar-refractivity contribution in [3.05, 3.63) is 34.1 Å². The number of allylic oxidation sites excluding steroid dienone is 1. The normalized spacial score (nSPS) is 15.6. The second-order valence-electron chi connectivity index (χ2n) is 3.96. The number of rotatable bonds is 3. The number of halogens is 1. The minimum Gasteiger partial charge on any atom is -0.510 e. The molecular formula is C12H10BrN3O2. The van der Waals surface area contributed by atoms with Crippen LogP contribution >= 0.6 is 15.9 Å². The van der Waals surface area contributed by atoms with E-state index in [9.17, 15) is 9.90 Å². The molecule has 0 atom stereocenters. The summed E-state index contributed by atoms with van der Waals surface area (Å²) in [5, 5.41) is 21.1. The maximum absolute atomic E-state index is 11.8. The molecule has 1 amide bonds. The molecule has 2 rings (SSSR count). The van der Waals surface area contributed by atoms with Gasteiger partial charge in [0.2, 0.25) is 0 Å². The number of carbonyl (C=O) groups is 1. The molecule has 1 aromatic heterocycles. The second-order valence-corrected chi connectivity index (χ2v) is 4.88. The molecule has 6 heteroatoms. The lowest BCUT2D eigenvalue weighted by molar-refractivity contribution is -0.112. The van der Waals surface area contributed by atoms with E-state index < -0.39 is 5.91 Å². The van der Waals surface area contributed by atoms with Gasteiger partial charge in [0.25, 0.3) is 5.91 Å². The van der Waals surface area contributed by atoms with Gasteiger partial charge in [-0.25, -0.2) is 4.98 Å². The van der Waals surface area contributed by atoms with Gasteiger partial charge in [0.15, 0.2) is 5.57 Å². The van der Waals surface area contributed by atoms with Crippen molar-refractivity contribution >= 4 is 27.7 Å². The maximum atomic E-state index is 11.8. The predicted molar refractivity (Wildman–Crippen MR) is 68.6 cm³/mol. The molecule has 2 N–H and O–H groups in total. The number of carbonyl (C=O) groups excluding carboxylic acids is 1. The topological polar surface area (TPSA) is 86.0 Å². The van der Waals surface area contributed by atoms with E-state index in [1.54, 1.807) is 18.2 Å². The van der Waals surface area contributed by atoms with Crippen molar-refractivity contribution in [2.45, 2.75) is 12.8 Å². The Hall–Kier alpha value is -1.87. The molecule has 1 fully saturated rings. The first-order chi connectivity index (χ1) is 8.61. The summed E-state index contributed by atoms with van der Waals surface area (Å²) in [5.74, 6) is -0.452. The van der Waals surface area contributed by atoms with Gasteiger partial charge in [-0.2, -0.15) is 5.26 Å². The first-order valence-corrected chi connectivity index (χ1v) is 6.17. The van der Waals surface area contributed by atoms with Crippen molar-refractivity contribution in [1.29, 1.82) is 5.26 Å². The SMILES string of the molecule is N#CC(C(=O)Nc1ccc(Br)cn1)=C(O)C1CC1. The van der Waals surface area contributed by atoms with Gasteiger partial charge in [0.05, 0.1) is 0 Å². The summed E-state index contributed by atoms with van der Waals surface area (Å²) < 4.78 is 0.789. The number of nitrogens with one attached hydrogen (secondary N) is 1. The van der Waals surface area contributed by atoms with Crippen LogP contribution in [0.5, 0.6) is 0 Å². The van der Waals surface area contributed by atoms with Crippen LogP contribution in [-0.2, 0) is 4.79 Å². The zero-order valence-corrected chi connectivity index (χ0v) is 10.9. The fourth-order valence-corrected chi connectivity index (χ4v) is 1.65. The Morgan fingerprint density at radius 3 is 2.78 bits per heavy atom. The number of anilines is 1. The van der Waals surface area contributed by atoms with Gasteiger partial charge in [-0.15, -0.1) is 0 Å². The lowest BCUT2D eigenvalue weighted by atomic mass is 10.2. The van der Waals surface area contributed by atoms with Crippen molar-refractivity contribution in [2.24, 2.45) is 5.92 Å². The first kappa shape index (κ1) is 12.6. The first-order valence-electron chi connectivity index (χ1n) is 5.38. The minimum absolute atomic E-state index is 0.0386. The zero-order valence-electron chi connectivity index (χ0n) is 9.35. The van der Waals surface area contributed by atoms with Gasteiger partial charge < -0.3 is 10.4 Å². The molecule has 92 valence electrons. The van der Waals surface area contributed by atoms with Crippen LogP contribution in [0.4, 0.5) is 5.82 Å². The zero-order chi connectivity index (χ0) is 13.1. The highest BCUT2D eigenvalue weighted by Gasteiger charge is 2.30. The van der Waals surface area contributed by atoms with Crippen molar-refractivity contribution in [3.63, 3.8) is 0 Å². The average molecular weight is 308 g/mol. The van der Waals surface area contributed by atoms with Gasteiger partial charge >= 0.3 is 0 Å². The van der Waals surface area contributed by atoms with E-state index in [2.05, 4.69) is 26.2 Å². The Morgan fingerprint density at radius 1 is 1.56 bits per heavy atom. The number of pyridine rings is 1. The van der Waals surface area contributed by atoms with E-state index in [1.807, 2.05) is 0 Å². The second kappa shape index (κ2) is 5.19. The number of nitriles is 1. The minimum atomic E-state index is -0.628. The summed E-state index contributed by atoms with van der Waals surface area (Å²) in [4.78, 5) is 15.8. The van der Waals surface area contributed by atoms with Gasteiger partial charge in [-0.3, -0.25) is 4.79 Å². The Bertz CT molecular complexity index is 541. The van der Waals surface area contributed by atoms with Gasteiger partial charge in [-0.05, 0) is 40.9 Å². The Kier molecular flexibility index (Phi) is 3.63. The lowest BCUT2D eigenvalue weighted by Gasteiger charge is -2.05. The summed E-state index contributed by atoms with van der Waals surface area (Å²) in [7, 11) is 0. The van der Waals surface area contributed by atoms with Crippen LogP contribution in [0.2, 0.25) is 0 Å². The monoisotopic (exact) mass is 307 g/mol. The lowest BCUT2D eigenvalue weighted by Crippen LogP contribution is -2.16. The molecule has 0 unspecified atom stereocenters. The van der Waals surface area contributed by atoms with Crippen LogP contribution in [0.15, 0.2) is 34.1 Å². The fraction of sp³-hybridized carbons (Fsp3) is 0.250. The van der Waals surface area contributed by atoms with Gasteiger partial charge in [0, 0.05) is 16.6 Å². The summed E-state index contributed by atoms with van der Waals surface area (Å²) in [5.41, 5.74) is -0.234. The number of amides is 1. The van der Waals surface area contributed by atoms with E-state index in [0.29, 0.717) is 5.82 Å². The van der Waals surface area contributed by atoms with Crippen LogP contribution in [0.25, 0.3) is 0 Å². The van der Waals surface area contributed by atoms with Gasteiger partial charge in [0.1, 0.15) is 17.6 Å². The molecule has 1 aliphatic rings. The summed E-state index contributed by atoms with van der Waals surface area (Å²) in [6, 6.07) is 5.06. The highest BCUT2D eigenvalue weighted by molar-refractivity contribution is 9.10. The number of aliphatic hydroxyl groups is 1. The molecule has 1 aromatic rings. The molecule has 1 heterocycles. The third-order valence-electron chi connectivity index (χ3n) is 2.53. The summed E-state index contributed by atoms with van der Waals surface area (Å²) >= 11 is 3.23. The van der Waals surface area contributed by atoms with Crippen molar-refractivity contribution in [3.8, 4) is 6.07 Å². The molecular weight excluding hydrogens is 298 g/mol. The highest BCUT2D eigenvalue weighted by Crippen LogP contribution is 2.36. The van der Waals surface area contributed by atoms with Crippen molar-refractivity contribution in [2.75, 3.05) is 5.32 Å². The highest BCUT2D eigenvalue weighted by atomic mass is 79.9. The fourth-order valence-electron chi connectivity index (χ4n) is 1.41. The van der Waals surface area contributed by atoms with E-state index in [1.165, 1.54) is 6.20 Å². The van der Waals surface area contributed by atoms with Crippen LogP contribution < -0.4 is 5.32 Å². The molecule has 0 aliphatic heterocycles. The van der Waals surface area contributed by atoms with Crippen LogP contribution in [0.1, 0.15) is 12.8 Å². The molecule has 0 aromatic carbocycles. The smallest absolute Gasteiger partial charge is 0.270 e. The predicted octanol–water partition coefficient (Wildman–Crippen LogP) is 2.53. The molecule has 0 saturated heterocycles. The number of hydrogen-bond acceptors (Lipinski definition) is 4.